The van der Waals surface area contributed by atoms with E-state index < -0.39 is 0 Å². The maximum Gasteiger partial charge on any atom is 0.139 e. The van der Waals surface area contributed by atoms with E-state index >= 15 is 0 Å². The second kappa shape index (κ2) is 9.60. The van der Waals surface area contributed by atoms with Crippen LogP contribution in [0.2, 0.25) is 0 Å². The summed E-state index contributed by atoms with van der Waals surface area (Å²) in [6, 6.07) is 17.2. The molecule has 0 heterocycles. The first kappa shape index (κ1) is 18.7. The third-order valence-corrected chi connectivity index (χ3v) is 4.91. The van der Waals surface area contributed by atoms with E-state index in [2.05, 4.69) is 48.7 Å². The minimum Gasteiger partial charge on any atom is -0.478 e. The summed E-state index contributed by atoms with van der Waals surface area (Å²) in [5, 5.41) is 7.11. The van der Waals surface area contributed by atoms with Crippen molar-refractivity contribution in [2.45, 2.75) is 51.6 Å². The van der Waals surface area contributed by atoms with Gasteiger partial charge in [-0.15, -0.1) is 0 Å². The van der Waals surface area contributed by atoms with Crippen molar-refractivity contribution in [2.24, 2.45) is 0 Å². The van der Waals surface area contributed by atoms with Gasteiger partial charge in [-0.2, -0.15) is 0 Å². The zero-order valence-corrected chi connectivity index (χ0v) is 15.8. The van der Waals surface area contributed by atoms with Crippen molar-refractivity contribution in [2.75, 3.05) is 13.5 Å². The van der Waals surface area contributed by atoms with Crippen LogP contribution in [-0.4, -0.2) is 25.5 Å². The highest BCUT2D eigenvalue weighted by Crippen LogP contribution is 2.19. The Hall–Kier alpha value is -2.04. The molecule has 0 amide bonds. The van der Waals surface area contributed by atoms with Crippen LogP contribution in [0.3, 0.4) is 0 Å². The summed E-state index contributed by atoms with van der Waals surface area (Å²) in [5.41, 5.74) is 2.43. The fourth-order valence-corrected chi connectivity index (χ4v) is 3.49. The third kappa shape index (κ3) is 5.75. The lowest BCUT2D eigenvalue weighted by Crippen LogP contribution is -2.51. The molecule has 2 atom stereocenters. The lowest BCUT2D eigenvalue weighted by atomic mass is 9.90. The average Bonchev–Trinajstić information content (AvgIpc) is 2.63. The van der Waals surface area contributed by atoms with Crippen LogP contribution in [0, 0.1) is 13.8 Å². The number of rotatable bonds is 8. The molecule has 4 heteroatoms. The molecule has 2 aromatic carbocycles. The standard InChI is InChI=1S/C22H30N2O2/c1-17-7-5-9-19(13-17)25-15-23-21-11-3-4-12-22(21)24-16-26-20-10-6-8-18(2)14-20/h5-10,13-14,21-24H,3-4,11-12,15-16H2,1-2H3. The Labute approximate surface area is 156 Å². The van der Waals surface area contributed by atoms with Gasteiger partial charge in [0.25, 0.3) is 0 Å². The Bertz CT molecular complexity index is 630. The van der Waals surface area contributed by atoms with Gasteiger partial charge in [-0.05, 0) is 62.1 Å². The van der Waals surface area contributed by atoms with E-state index in [0.717, 1.165) is 11.5 Å². The zero-order chi connectivity index (χ0) is 18.2. The molecule has 0 bridgehead atoms. The van der Waals surface area contributed by atoms with Crippen LogP contribution in [0.15, 0.2) is 48.5 Å². The lowest BCUT2D eigenvalue weighted by Gasteiger charge is -2.33. The average molecular weight is 354 g/mol. The van der Waals surface area contributed by atoms with Gasteiger partial charge >= 0.3 is 0 Å². The van der Waals surface area contributed by atoms with Crippen LogP contribution in [-0.2, 0) is 0 Å². The minimum atomic E-state index is 0.412. The number of hydrogen-bond donors (Lipinski definition) is 2. The molecular formula is C22H30N2O2. The van der Waals surface area contributed by atoms with Gasteiger partial charge < -0.3 is 9.47 Å². The fourth-order valence-electron chi connectivity index (χ4n) is 3.49. The molecule has 140 valence electrons. The molecule has 0 spiro atoms. The third-order valence-electron chi connectivity index (χ3n) is 4.91. The Morgan fingerprint density at radius 2 is 1.23 bits per heavy atom. The van der Waals surface area contributed by atoms with E-state index in [1.165, 1.54) is 36.8 Å². The summed E-state index contributed by atoms with van der Waals surface area (Å²) in [6.07, 6.45) is 4.86. The largest absolute Gasteiger partial charge is 0.478 e. The van der Waals surface area contributed by atoms with Gasteiger partial charge in [-0.1, -0.05) is 37.1 Å². The Kier molecular flexibility index (Phi) is 6.92. The van der Waals surface area contributed by atoms with Gasteiger partial charge in [0.05, 0.1) is 0 Å². The molecule has 1 saturated carbocycles. The van der Waals surface area contributed by atoms with E-state index in [1.54, 1.807) is 0 Å². The van der Waals surface area contributed by atoms with Gasteiger partial charge in [0.1, 0.15) is 25.0 Å². The van der Waals surface area contributed by atoms with Crippen LogP contribution in [0.1, 0.15) is 36.8 Å². The molecule has 4 nitrogen and oxygen atoms in total. The summed E-state index contributed by atoms with van der Waals surface area (Å²) in [7, 11) is 0. The molecule has 26 heavy (non-hydrogen) atoms. The molecule has 0 aliphatic heterocycles. The Morgan fingerprint density at radius 1 is 0.769 bits per heavy atom. The van der Waals surface area contributed by atoms with Gasteiger partial charge in [0, 0.05) is 12.1 Å². The predicted octanol–water partition coefficient (Wildman–Crippen LogP) is 4.17. The summed E-state index contributed by atoms with van der Waals surface area (Å²) >= 11 is 0. The van der Waals surface area contributed by atoms with Gasteiger partial charge in [-0.25, -0.2) is 0 Å². The number of benzene rings is 2. The summed E-state index contributed by atoms with van der Waals surface area (Å²) < 4.78 is 11.7. The molecule has 2 unspecified atom stereocenters. The molecule has 1 aliphatic rings. The maximum absolute atomic E-state index is 5.85. The van der Waals surface area contributed by atoms with Crippen LogP contribution < -0.4 is 20.1 Å². The SMILES string of the molecule is Cc1cccc(OCNC2CCCCC2NCOc2cccc(C)c2)c1. The molecule has 1 aliphatic carbocycles. The minimum absolute atomic E-state index is 0.412. The Morgan fingerprint density at radius 3 is 1.65 bits per heavy atom. The van der Waals surface area contributed by atoms with E-state index in [9.17, 15) is 0 Å². The molecule has 2 N–H and O–H groups in total. The quantitative estimate of drug-likeness (QED) is 0.699. The van der Waals surface area contributed by atoms with Gasteiger partial charge in [0.15, 0.2) is 0 Å². The van der Waals surface area contributed by atoms with Gasteiger partial charge in [-0.3, -0.25) is 10.6 Å². The van der Waals surface area contributed by atoms with Crippen molar-refractivity contribution < 1.29 is 9.47 Å². The molecule has 1 fully saturated rings. The van der Waals surface area contributed by atoms with Crippen molar-refractivity contribution >= 4 is 0 Å². The molecule has 2 aromatic rings. The van der Waals surface area contributed by atoms with Crippen molar-refractivity contribution in [1.82, 2.24) is 10.6 Å². The van der Waals surface area contributed by atoms with Crippen molar-refractivity contribution in [3.8, 4) is 11.5 Å². The number of hydrogen-bond acceptors (Lipinski definition) is 4. The topological polar surface area (TPSA) is 42.5 Å². The van der Waals surface area contributed by atoms with Crippen LogP contribution in [0.5, 0.6) is 11.5 Å². The maximum atomic E-state index is 5.85. The van der Waals surface area contributed by atoms with E-state index in [4.69, 9.17) is 9.47 Å². The summed E-state index contributed by atoms with van der Waals surface area (Å²) in [4.78, 5) is 0. The summed E-state index contributed by atoms with van der Waals surface area (Å²) in [5.74, 6) is 1.83. The first-order valence-electron chi connectivity index (χ1n) is 9.56. The fraction of sp³-hybridized carbons (Fsp3) is 0.455. The molecule has 0 radical (unpaired) electrons. The zero-order valence-electron chi connectivity index (χ0n) is 15.8. The monoisotopic (exact) mass is 354 g/mol. The number of ether oxygens (including phenoxy) is 2. The first-order valence-corrected chi connectivity index (χ1v) is 9.56. The van der Waals surface area contributed by atoms with E-state index in [1.807, 2.05) is 24.3 Å². The highest BCUT2D eigenvalue weighted by atomic mass is 16.5. The lowest BCUT2D eigenvalue weighted by molar-refractivity contribution is 0.183. The predicted molar refractivity (Wildman–Crippen MR) is 106 cm³/mol. The molecular weight excluding hydrogens is 324 g/mol. The van der Waals surface area contributed by atoms with E-state index in [-0.39, 0.29) is 0 Å². The Balaban J connectivity index is 1.43. The second-order valence-corrected chi connectivity index (χ2v) is 7.12. The molecule has 3 rings (SSSR count). The highest BCUT2D eigenvalue weighted by molar-refractivity contribution is 5.28. The smallest absolute Gasteiger partial charge is 0.139 e. The first-order chi connectivity index (χ1) is 12.7. The molecule has 0 aromatic heterocycles. The van der Waals surface area contributed by atoms with Crippen LogP contribution in [0.25, 0.3) is 0 Å². The van der Waals surface area contributed by atoms with E-state index in [0.29, 0.717) is 25.5 Å². The number of nitrogens with one attached hydrogen (secondary N) is 2. The van der Waals surface area contributed by atoms with Crippen LogP contribution in [0.4, 0.5) is 0 Å². The van der Waals surface area contributed by atoms with Crippen LogP contribution >= 0.6 is 0 Å². The van der Waals surface area contributed by atoms with Crippen molar-refractivity contribution in [3.63, 3.8) is 0 Å². The second-order valence-electron chi connectivity index (χ2n) is 7.12. The number of aryl methyl sites for hydroxylation is 2. The van der Waals surface area contributed by atoms with Crippen molar-refractivity contribution in [1.29, 1.82) is 0 Å². The molecule has 0 saturated heterocycles. The van der Waals surface area contributed by atoms with Crippen molar-refractivity contribution in [3.05, 3.63) is 59.7 Å². The highest BCUT2D eigenvalue weighted by Gasteiger charge is 2.24. The normalized spacial score (nSPS) is 19.9. The summed E-state index contributed by atoms with van der Waals surface area (Å²) in [6.45, 7) is 5.22. The van der Waals surface area contributed by atoms with Gasteiger partial charge in [0.2, 0.25) is 0 Å².